The number of hydrogen-bond donors (Lipinski definition) is 1. The van der Waals surface area contributed by atoms with E-state index in [2.05, 4.69) is 14.9 Å². The second-order valence-electron chi connectivity index (χ2n) is 4.68. The SMILES string of the molecule is CC(N)(c1nc(COCC(F)(F)F)no1)C1CC1. The Kier molecular flexibility index (Phi) is 3.33. The number of aromatic nitrogens is 2. The number of hydrogen-bond acceptors (Lipinski definition) is 5. The van der Waals surface area contributed by atoms with Gasteiger partial charge in [-0.25, -0.2) is 0 Å². The van der Waals surface area contributed by atoms with Crippen LogP contribution < -0.4 is 5.73 Å². The third-order valence-electron chi connectivity index (χ3n) is 2.85. The molecule has 0 spiro atoms. The molecule has 1 atom stereocenters. The largest absolute Gasteiger partial charge is 0.411 e. The Morgan fingerprint density at radius 3 is 2.67 bits per heavy atom. The zero-order valence-corrected chi connectivity index (χ0v) is 9.83. The minimum absolute atomic E-state index is 0.0755. The predicted molar refractivity (Wildman–Crippen MR) is 54.3 cm³/mol. The summed E-state index contributed by atoms with van der Waals surface area (Å²) in [7, 11) is 0. The van der Waals surface area contributed by atoms with Crippen molar-refractivity contribution < 1.29 is 22.4 Å². The summed E-state index contributed by atoms with van der Waals surface area (Å²) in [4.78, 5) is 3.97. The number of halogens is 3. The molecular weight excluding hydrogens is 251 g/mol. The van der Waals surface area contributed by atoms with Gasteiger partial charge in [-0.05, 0) is 25.7 Å². The molecule has 2 rings (SSSR count). The van der Waals surface area contributed by atoms with Gasteiger partial charge in [-0.1, -0.05) is 5.16 Å². The van der Waals surface area contributed by atoms with Crippen molar-refractivity contribution in [2.45, 2.75) is 38.1 Å². The third kappa shape index (κ3) is 3.20. The topological polar surface area (TPSA) is 74.2 Å². The second-order valence-corrected chi connectivity index (χ2v) is 4.68. The molecule has 18 heavy (non-hydrogen) atoms. The quantitative estimate of drug-likeness (QED) is 0.877. The third-order valence-corrected chi connectivity index (χ3v) is 2.85. The molecule has 1 aromatic heterocycles. The minimum Gasteiger partial charge on any atom is -0.364 e. The molecule has 1 aromatic rings. The molecule has 1 heterocycles. The monoisotopic (exact) mass is 265 g/mol. The van der Waals surface area contributed by atoms with Crippen molar-refractivity contribution in [3.05, 3.63) is 11.7 Å². The zero-order chi connectivity index (χ0) is 13.4. The zero-order valence-electron chi connectivity index (χ0n) is 9.83. The first-order valence-corrected chi connectivity index (χ1v) is 5.55. The molecule has 1 saturated carbocycles. The Morgan fingerprint density at radius 1 is 1.44 bits per heavy atom. The minimum atomic E-state index is -4.36. The molecule has 102 valence electrons. The van der Waals surface area contributed by atoms with E-state index in [1.165, 1.54) is 0 Å². The van der Waals surface area contributed by atoms with E-state index in [1.54, 1.807) is 6.92 Å². The average Bonchev–Trinajstić information content (AvgIpc) is 2.98. The summed E-state index contributed by atoms with van der Waals surface area (Å²) in [5.74, 6) is 0.615. The number of nitrogens with zero attached hydrogens (tertiary/aromatic N) is 2. The number of ether oxygens (including phenoxy) is 1. The highest BCUT2D eigenvalue weighted by Gasteiger charge is 2.43. The first-order valence-electron chi connectivity index (χ1n) is 5.55. The van der Waals surface area contributed by atoms with Crippen molar-refractivity contribution >= 4 is 0 Å². The van der Waals surface area contributed by atoms with E-state index >= 15 is 0 Å². The maximum atomic E-state index is 11.9. The summed E-state index contributed by atoms with van der Waals surface area (Å²) in [5.41, 5.74) is 5.32. The van der Waals surface area contributed by atoms with Crippen molar-refractivity contribution in [2.75, 3.05) is 6.61 Å². The molecule has 8 heteroatoms. The molecule has 5 nitrogen and oxygen atoms in total. The summed E-state index contributed by atoms with van der Waals surface area (Å²) in [6, 6.07) is 0. The van der Waals surface area contributed by atoms with Crippen LogP contribution in [0, 0.1) is 5.92 Å². The van der Waals surface area contributed by atoms with Gasteiger partial charge in [0.1, 0.15) is 13.2 Å². The van der Waals surface area contributed by atoms with Crippen LogP contribution in [0.15, 0.2) is 4.52 Å². The van der Waals surface area contributed by atoms with Crippen molar-refractivity contribution in [3.8, 4) is 0 Å². The Bertz CT molecular complexity index is 413. The van der Waals surface area contributed by atoms with Crippen LogP contribution in [0.4, 0.5) is 13.2 Å². The van der Waals surface area contributed by atoms with Gasteiger partial charge in [-0.2, -0.15) is 18.2 Å². The molecule has 1 aliphatic rings. The highest BCUT2D eigenvalue weighted by atomic mass is 19.4. The number of rotatable bonds is 5. The molecule has 1 fully saturated rings. The summed E-state index contributed by atoms with van der Waals surface area (Å²) in [6.45, 7) is 0.0989. The number of alkyl halides is 3. The molecule has 1 aliphatic carbocycles. The van der Waals surface area contributed by atoms with Gasteiger partial charge >= 0.3 is 6.18 Å². The maximum absolute atomic E-state index is 11.9. The van der Waals surface area contributed by atoms with Gasteiger partial charge in [0.05, 0.1) is 5.54 Å². The normalized spacial score (nSPS) is 19.8. The van der Waals surface area contributed by atoms with Crippen molar-refractivity contribution in [1.29, 1.82) is 0 Å². The van der Waals surface area contributed by atoms with Crippen LogP contribution in [0.2, 0.25) is 0 Å². The van der Waals surface area contributed by atoms with Crippen LogP contribution in [-0.4, -0.2) is 22.9 Å². The smallest absolute Gasteiger partial charge is 0.364 e. The molecule has 0 saturated heterocycles. The predicted octanol–water partition coefficient (Wildman–Crippen LogP) is 1.73. The van der Waals surface area contributed by atoms with Crippen LogP contribution in [0.3, 0.4) is 0 Å². The van der Waals surface area contributed by atoms with E-state index in [-0.39, 0.29) is 18.3 Å². The van der Waals surface area contributed by atoms with E-state index in [9.17, 15) is 13.2 Å². The lowest BCUT2D eigenvalue weighted by Crippen LogP contribution is -2.35. The fourth-order valence-corrected chi connectivity index (χ4v) is 1.65. The van der Waals surface area contributed by atoms with Crippen molar-refractivity contribution in [2.24, 2.45) is 11.7 Å². The lowest BCUT2D eigenvalue weighted by Gasteiger charge is -2.18. The lowest BCUT2D eigenvalue weighted by atomic mass is 9.97. The van der Waals surface area contributed by atoms with Crippen molar-refractivity contribution in [1.82, 2.24) is 10.1 Å². The molecule has 0 aromatic carbocycles. The van der Waals surface area contributed by atoms with Crippen LogP contribution in [-0.2, 0) is 16.9 Å². The van der Waals surface area contributed by atoms with E-state index < -0.39 is 18.3 Å². The lowest BCUT2D eigenvalue weighted by molar-refractivity contribution is -0.177. The van der Waals surface area contributed by atoms with Crippen LogP contribution in [0.1, 0.15) is 31.5 Å². The molecule has 2 N–H and O–H groups in total. The molecule has 0 radical (unpaired) electrons. The Hall–Kier alpha value is -1.15. The van der Waals surface area contributed by atoms with Crippen LogP contribution >= 0.6 is 0 Å². The highest BCUT2D eigenvalue weighted by Crippen LogP contribution is 2.43. The maximum Gasteiger partial charge on any atom is 0.411 e. The van der Waals surface area contributed by atoms with Gasteiger partial charge in [0, 0.05) is 0 Å². The molecule has 0 amide bonds. The number of nitrogens with two attached hydrogens (primary N) is 1. The van der Waals surface area contributed by atoms with Crippen molar-refractivity contribution in [3.63, 3.8) is 0 Å². The summed E-state index contributed by atoms with van der Waals surface area (Å²) in [6.07, 6.45) is -2.37. The summed E-state index contributed by atoms with van der Waals surface area (Å²) >= 11 is 0. The van der Waals surface area contributed by atoms with Gasteiger partial charge < -0.3 is 15.0 Å². The fourth-order valence-electron chi connectivity index (χ4n) is 1.65. The summed E-state index contributed by atoms with van der Waals surface area (Å²) < 4.78 is 45.0. The van der Waals surface area contributed by atoms with E-state index in [4.69, 9.17) is 10.3 Å². The van der Waals surface area contributed by atoms with Gasteiger partial charge in [-0.3, -0.25) is 0 Å². The molecular formula is C10H14F3N3O2. The first kappa shape index (κ1) is 13.3. The molecule has 0 aliphatic heterocycles. The van der Waals surface area contributed by atoms with E-state index in [0.717, 1.165) is 12.8 Å². The molecule has 0 bridgehead atoms. The van der Waals surface area contributed by atoms with Crippen LogP contribution in [0.25, 0.3) is 0 Å². The standard InChI is InChI=1S/C10H14F3N3O2/c1-9(14,6-2-3-6)8-15-7(16-18-8)4-17-5-10(11,12)13/h6H,2-5,14H2,1H3. The highest BCUT2D eigenvalue weighted by molar-refractivity contribution is 5.07. The van der Waals surface area contributed by atoms with Crippen LogP contribution in [0.5, 0.6) is 0 Å². The van der Waals surface area contributed by atoms with E-state index in [1.807, 2.05) is 0 Å². The Balaban J connectivity index is 1.90. The van der Waals surface area contributed by atoms with Gasteiger partial charge in [0.25, 0.3) is 0 Å². The fraction of sp³-hybridized carbons (Fsp3) is 0.800. The van der Waals surface area contributed by atoms with Gasteiger partial charge in [0.15, 0.2) is 5.82 Å². The Morgan fingerprint density at radius 2 is 2.11 bits per heavy atom. The Labute approximate surface area is 101 Å². The summed E-state index contributed by atoms with van der Waals surface area (Å²) in [5, 5.41) is 3.55. The van der Waals surface area contributed by atoms with Gasteiger partial charge in [-0.15, -0.1) is 0 Å². The average molecular weight is 265 g/mol. The molecule has 1 unspecified atom stereocenters. The van der Waals surface area contributed by atoms with E-state index in [0.29, 0.717) is 5.92 Å². The second kappa shape index (κ2) is 4.51. The first-order chi connectivity index (χ1) is 8.29. The van der Waals surface area contributed by atoms with Gasteiger partial charge in [0.2, 0.25) is 5.89 Å².